The van der Waals surface area contributed by atoms with Gasteiger partial charge < -0.3 is 25.0 Å². The molecule has 1 unspecified atom stereocenters. The molecule has 1 aliphatic heterocycles. The molecule has 182 valence electrons. The van der Waals surface area contributed by atoms with Crippen LogP contribution in [-0.2, 0) is 17.8 Å². The van der Waals surface area contributed by atoms with E-state index in [2.05, 4.69) is 36.4 Å². The summed E-state index contributed by atoms with van der Waals surface area (Å²) in [6.07, 6.45) is 4.44. The van der Waals surface area contributed by atoms with Crippen LogP contribution in [0.4, 0.5) is 0 Å². The third-order valence-corrected chi connectivity index (χ3v) is 5.71. The Morgan fingerprint density at radius 3 is 2.38 bits per heavy atom. The lowest BCUT2D eigenvalue weighted by molar-refractivity contribution is -0.132. The maximum absolute atomic E-state index is 12.7. The minimum atomic E-state index is 0. The monoisotopic (exact) mass is 560 g/mol. The van der Waals surface area contributed by atoms with E-state index in [0.29, 0.717) is 30.7 Å². The first-order chi connectivity index (χ1) is 14.9. The fourth-order valence-corrected chi connectivity index (χ4v) is 3.78. The highest BCUT2D eigenvalue weighted by atomic mass is 127. The number of methoxy groups -OCH3 is 2. The molecule has 0 aliphatic carbocycles. The molecule has 2 rings (SSSR count). The van der Waals surface area contributed by atoms with Crippen LogP contribution in [-0.4, -0.2) is 57.2 Å². The number of benzene rings is 1. The first-order valence-corrected chi connectivity index (χ1v) is 11.4. The maximum atomic E-state index is 12.7. The number of ether oxygens (including phenoxy) is 2. The summed E-state index contributed by atoms with van der Waals surface area (Å²) in [7, 11) is 5.06. The van der Waals surface area contributed by atoms with Crippen molar-refractivity contribution in [1.29, 1.82) is 0 Å². The van der Waals surface area contributed by atoms with Crippen LogP contribution in [0.1, 0.15) is 57.6 Å². The number of rotatable bonds is 10. The van der Waals surface area contributed by atoms with E-state index < -0.39 is 0 Å². The van der Waals surface area contributed by atoms with Crippen molar-refractivity contribution in [2.45, 2.75) is 65.5 Å². The summed E-state index contributed by atoms with van der Waals surface area (Å²) in [5.74, 6) is 3.15. The van der Waals surface area contributed by atoms with Crippen molar-refractivity contribution < 1.29 is 14.3 Å². The first kappa shape index (κ1) is 28.3. The molecule has 1 atom stereocenters. The van der Waals surface area contributed by atoms with Gasteiger partial charge in [-0.1, -0.05) is 13.8 Å². The van der Waals surface area contributed by atoms with Crippen LogP contribution in [0.15, 0.2) is 17.1 Å². The van der Waals surface area contributed by atoms with E-state index in [1.54, 1.807) is 21.3 Å². The molecule has 0 bridgehead atoms. The third kappa shape index (κ3) is 8.67. The van der Waals surface area contributed by atoms with Crippen LogP contribution in [0.3, 0.4) is 0 Å². The molecule has 0 spiro atoms. The zero-order chi connectivity index (χ0) is 22.8. The molecular weight excluding hydrogens is 519 g/mol. The standard InChI is InChI=1S/C24H40N4O3.HI/c1-17(2)9-10-18(3)27-24(25-4)26-12-7-8-23(29)28-13-11-19-14-21(30-5)22(31-6)15-20(19)16-28;/h14-15,17-18H,7-13,16H2,1-6H3,(H2,25,26,27);1H. The van der Waals surface area contributed by atoms with Gasteiger partial charge in [0.15, 0.2) is 17.5 Å². The van der Waals surface area contributed by atoms with Gasteiger partial charge in [0.2, 0.25) is 5.91 Å². The predicted molar refractivity (Wildman–Crippen MR) is 141 cm³/mol. The summed E-state index contributed by atoms with van der Waals surface area (Å²) in [4.78, 5) is 19.0. The lowest BCUT2D eigenvalue weighted by Gasteiger charge is -2.29. The van der Waals surface area contributed by atoms with Crippen molar-refractivity contribution in [1.82, 2.24) is 15.5 Å². The van der Waals surface area contributed by atoms with Gasteiger partial charge in [-0.2, -0.15) is 0 Å². The van der Waals surface area contributed by atoms with E-state index in [9.17, 15) is 4.79 Å². The van der Waals surface area contributed by atoms with Gasteiger partial charge in [0.25, 0.3) is 0 Å². The Labute approximate surface area is 210 Å². The number of fused-ring (bicyclic) bond motifs is 1. The zero-order valence-electron chi connectivity index (χ0n) is 20.5. The van der Waals surface area contributed by atoms with Crippen LogP contribution in [0.2, 0.25) is 0 Å². The van der Waals surface area contributed by atoms with Crippen LogP contribution >= 0.6 is 24.0 Å². The summed E-state index contributed by atoms with van der Waals surface area (Å²) < 4.78 is 10.8. The number of carbonyl (C=O) groups is 1. The zero-order valence-corrected chi connectivity index (χ0v) is 22.8. The van der Waals surface area contributed by atoms with E-state index in [0.717, 1.165) is 49.6 Å². The molecule has 0 aromatic heterocycles. The fourth-order valence-electron chi connectivity index (χ4n) is 3.78. The second-order valence-corrected chi connectivity index (χ2v) is 8.66. The Kier molecular flexibility index (Phi) is 12.8. The van der Waals surface area contributed by atoms with E-state index in [-0.39, 0.29) is 29.9 Å². The second-order valence-electron chi connectivity index (χ2n) is 8.66. The molecule has 2 N–H and O–H groups in total. The van der Waals surface area contributed by atoms with E-state index in [4.69, 9.17) is 9.47 Å². The maximum Gasteiger partial charge on any atom is 0.222 e. The molecule has 1 aliphatic rings. The minimum absolute atomic E-state index is 0. The summed E-state index contributed by atoms with van der Waals surface area (Å²) in [6.45, 7) is 8.75. The Balaban J connectivity index is 0.00000512. The number of hydrogen-bond donors (Lipinski definition) is 2. The van der Waals surface area contributed by atoms with Crippen molar-refractivity contribution in [3.63, 3.8) is 0 Å². The third-order valence-electron chi connectivity index (χ3n) is 5.71. The van der Waals surface area contributed by atoms with Gasteiger partial charge in [0.1, 0.15) is 0 Å². The molecule has 8 heteroatoms. The number of amides is 1. The highest BCUT2D eigenvalue weighted by Crippen LogP contribution is 2.33. The molecule has 1 amide bonds. The van der Waals surface area contributed by atoms with Crippen molar-refractivity contribution in [3.8, 4) is 11.5 Å². The van der Waals surface area contributed by atoms with Gasteiger partial charge in [0.05, 0.1) is 14.2 Å². The average Bonchev–Trinajstić information content (AvgIpc) is 2.77. The first-order valence-electron chi connectivity index (χ1n) is 11.4. The fraction of sp³-hybridized carbons (Fsp3) is 0.667. The largest absolute Gasteiger partial charge is 0.493 e. The second kappa shape index (κ2) is 14.4. The van der Waals surface area contributed by atoms with Crippen molar-refractivity contribution in [3.05, 3.63) is 23.3 Å². The number of carbonyl (C=O) groups excluding carboxylic acids is 1. The number of nitrogens with zero attached hydrogens (tertiary/aromatic N) is 2. The van der Waals surface area contributed by atoms with Crippen LogP contribution in [0.25, 0.3) is 0 Å². The summed E-state index contributed by atoms with van der Waals surface area (Å²) >= 11 is 0. The Hall–Kier alpha value is -1.71. The smallest absolute Gasteiger partial charge is 0.222 e. The van der Waals surface area contributed by atoms with E-state index in [1.165, 1.54) is 12.0 Å². The van der Waals surface area contributed by atoms with Gasteiger partial charge in [0, 0.05) is 39.1 Å². The minimum Gasteiger partial charge on any atom is -0.493 e. The number of hydrogen-bond acceptors (Lipinski definition) is 4. The SMILES string of the molecule is CN=C(NCCCC(=O)N1CCc2cc(OC)c(OC)cc2C1)NC(C)CCC(C)C.I. The van der Waals surface area contributed by atoms with Crippen LogP contribution < -0.4 is 20.1 Å². The molecule has 7 nitrogen and oxygen atoms in total. The highest BCUT2D eigenvalue weighted by Gasteiger charge is 2.22. The van der Waals surface area contributed by atoms with Crippen molar-refractivity contribution in [2.75, 3.05) is 34.4 Å². The highest BCUT2D eigenvalue weighted by molar-refractivity contribution is 14.0. The lowest BCUT2D eigenvalue weighted by Crippen LogP contribution is -2.43. The topological polar surface area (TPSA) is 75.2 Å². The van der Waals surface area contributed by atoms with Gasteiger partial charge in [-0.15, -0.1) is 24.0 Å². The molecule has 1 heterocycles. The van der Waals surface area contributed by atoms with Gasteiger partial charge in [-0.05, 0) is 61.8 Å². The Morgan fingerprint density at radius 2 is 1.78 bits per heavy atom. The number of nitrogens with one attached hydrogen (secondary N) is 2. The summed E-state index contributed by atoms with van der Waals surface area (Å²) in [5, 5.41) is 6.75. The average molecular weight is 561 g/mol. The van der Waals surface area contributed by atoms with Crippen LogP contribution in [0, 0.1) is 5.92 Å². The number of aliphatic imine (C=N–C) groups is 1. The molecule has 1 aromatic rings. The van der Waals surface area contributed by atoms with Gasteiger partial charge >= 0.3 is 0 Å². The number of guanidine groups is 1. The van der Waals surface area contributed by atoms with Gasteiger partial charge in [-0.3, -0.25) is 9.79 Å². The van der Waals surface area contributed by atoms with E-state index >= 15 is 0 Å². The molecule has 0 fully saturated rings. The molecule has 0 saturated carbocycles. The van der Waals surface area contributed by atoms with Crippen molar-refractivity contribution in [2.24, 2.45) is 10.9 Å². The van der Waals surface area contributed by atoms with Crippen LogP contribution in [0.5, 0.6) is 11.5 Å². The lowest BCUT2D eigenvalue weighted by atomic mass is 9.98. The molecule has 0 radical (unpaired) electrons. The molecule has 32 heavy (non-hydrogen) atoms. The Morgan fingerprint density at radius 1 is 1.12 bits per heavy atom. The molecule has 1 aromatic carbocycles. The quantitative estimate of drug-likeness (QED) is 0.196. The van der Waals surface area contributed by atoms with E-state index in [1.807, 2.05) is 17.0 Å². The van der Waals surface area contributed by atoms with Crippen molar-refractivity contribution >= 4 is 35.8 Å². The van der Waals surface area contributed by atoms with Gasteiger partial charge in [-0.25, -0.2) is 0 Å². The predicted octanol–water partition coefficient (Wildman–Crippen LogP) is 3.98. The normalized spacial score (nSPS) is 14.3. The molecule has 0 saturated heterocycles. The summed E-state index contributed by atoms with van der Waals surface area (Å²) in [5.41, 5.74) is 2.36. The number of halogens is 1. The summed E-state index contributed by atoms with van der Waals surface area (Å²) in [6, 6.07) is 4.39. The Bertz CT molecular complexity index is 755. The molecular formula is C24H41IN4O3.